The molecular formula is C15H23NO3. The number of aromatic hydroxyl groups is 1. The van der Waals surface area contributed by atoms with Gasteiger partial charge in [-0.25, -0.2) is 0 Å². The van der Waals surface area contributed by atoms with Gasteiger partial charge in [0.1, 0.15) is 11.3 Å². The molecule has 106 valence electrons. The molecule has 4 nitrogen and oxygen atoms in total. The Labute approximate surface area is 114 Å². The van der Waals surface area contributed by atoms with Crippen molar-refractivity contribution in [3.8, 4) is 5.75 Å². The maximum Gasteiger partial charge on any atom is 0.323 e. The summed E-state index contributed by atoms with van der Waals surface area (Å²) in [5, 5.41) is 18.2. The lowest BCUT2D eigenvalue weighted by Gasteiger charge is -2.23. The summed E-state index contributed by atoms with van der Waals surface area (Å²) < 4.78 is 0. The third-order valence-corrected chi connectivity index (χ3v) is 3.36. The van der Waals surface area contributed by atoms with Crippen LogP contribution < -0.4 is 5.73 Å². The third-order valence-electron chi connectivity index (χ3n) is 3.36. The van der Waals surface area contributed by atoms with Gasteiger partial charge in [-0.05, 0) is 49.8 Å². The number of phenols is 1. The van der Waals surface area contributed by atoms with Crippen LogP contribution in [0.15, 0.2) is 24.3 Å². The average Bonchev–Trinajstić information content (AvgIpc) is 2.31. The van der Waals surface area contributed by atoms with Crippen molar-refractivity contribution >= 4 is 5.97 Å². The molecule has 1 aromatic carbocycles. The zero-order valence-electron chi connectivity index (χ0n) is 11.6. The number of hydrogen-bond acceptors (Lipinski definition) is 3. The van der Waals surface area contributed by atoms with E-state index in [2.05, 4.69) is 0 Å². The van der Waals surface area contributed by atoms with Crippen LogP contribution in [0.3, 0.4) is 0 Å². The van der Waals surface area contributed by atoms with E-state index in [0.717, 1.165) is 19.3 Å². The van der Waals surface area contributed by atoms with Gasteiger partial charge in [-0.3, -0.25) is 4.79 Å². The summed E-state index contributed by atoms with van der Waals surface area (Å²) in [6, 6.07) is 7.18. The number of aryl methyl sites for hydroxylation is 1. The van der Waals surface area contributed by atoms with E-state index < -0.39 is 11.5 Å². The quantitative estimate of drug-likeness (QED) is 0.707. The monoisotopic (exact) mass is 265 g/mol. The summed E-state index contributed by atoms with van der Waals surface area (Å²) in [5.74, 6) is -0.390. The molecule has 0 bridgehead atoms. The maximum atomic E-state index is 10.9. The number of nitrogens with two attached hydrogens (primary N) is 1. The Bertz CT molecular complexity index is 412. The van der Waals surface area contributed by atoms with E-state index in [0.29, 0.717) is 6.42 Å². The Balaban J connectivity index is 2.33. The number of aliphatic carboxylic acids is 1. The van der Waals surface area contributed by atoms with Crippen LogP contribution in [-0.4, -0.2) is 21.7 Å². The molecule has 0 aromatic heterocycles. The molecule has 0 spiro atoms. The highest BCUT2D eigenvalue weighted by Gasteiger charge is 2.29. The van der Waals surface area contributed by atoms with Gasteiger partial charge in [0, 0.05) is 0 Å². The van der Waals surface area contributed by atoms with Gasteiger partial charge in [0.2, 0.25) is 0 Å². The second-order valence-corrected chi connectivity index (χ2v) is 5.59. The van der Waals surface area contributed by atoms with Gasteiger partial charge in [0.25, 0.3) is 0 Å². The van der Waals surface area contributed by atoms with Crippen molar-refractivity contribution in [2.75, 3.05) is 0 Å². The predicted molar refractivity (Wildman–Crippen MR) is 75.1 cm³/mol. The van der Waals surface area contributed by atoms with E-state index in [9.17, 15) is 9.90 Å². The van der Waals surface area contributed by atoms with Crippen LogP contribution >= 0.6 is 0 Å². The molecule has 0 heterocycles. The summed E-state index contributed by atoms with van der Waals surface area (Å²) in [4.78, 5) is 10.9. The van der Waals surface area contributed by atoms with Crippen LogP contribution in [0.1, 0.15) is 38.7 Å². The highest BCUT2D eigenvalue weighted by atomic mass is 16.4. The number of carbonyl (C=O) groups is 1. The Morgan fingerprint density at radius 1 is 1.37 bits per heavy atom. The maximum absolute atomic E-state index is 10.9. The molecule has 0 fully saturated rings. The fourth-order valence-electron chi connectivity index (χ4n) is 2.23. The van der Waals surface area contributed by atoms with Gasteiger partial charge in [-0.1, -0.05) is 25.5 Å². The molecule has 2 unspecified atom stereocenters. The van der Waals surface area contributed by atoms with Crippen LogP contribution in [0.25, 0.3) is 0 Å². The Hall–Kier alpha value is -1.55. The molecule has 1 rings (SSSR count). The molecular weight excluding hydrogens is 242 g/mol. The summed E-state index contributed by atoms with van der Waals surface area (Å²) in [7, 11) is 0. The van der Waals surface area contributed by atoms with Crippen molar-refractivity contribution in [3.63, 3.8) is 0 Å². The second kappa shape index (κ2) is 6.57. The van der Waals surface area contributed by atoms with E-state index in [4.69, 9.17) is 10.8 Å². The number of hydrogen-bond donors (Lipinski definition) is 3. The van der Waals surface area contributed by atoms with Crippen LogP contribution in [0.5, 0.6) is 5.75 Å². The summed E-state index contributed by atoms with van der Waals surface area (Å²) in [6.07, 6.45) is 3.35. The van der Waals surface area contributed by atoms with E-state index in [1.54, 1.807) is 19.1 Å². The summed E-state index contributed by atoms with van der Waals surface area (Å²) in [5.41, 5.74) is 5.77. The van der Waals surface area contributed by atoms with Crippen molar-refractivity contribution in [1.29, 1.82) is 0 Å². The first-order valence-corrected chi connectivity index (χ1v) is 6.61. The molecule has 0 aliphatic carbocycles. The van der Waals surface area contributed by atoms with Crippen LogP contribution in [-0.2, 0) is 11.2 Å². The molecule has 1 aromatic rings. The Morgan fingerprint density at radius 3 is 2.47 bits per heavy atom. The first-order valence-electron chi connectivity index (χ1n) is 6.61. The molecule has 0 radical (unpaired) electrons. The van der Waals surface area contributed by atoms with E-state index in [1.165, 1.54) is 5.56 Å². The minimum Gasteiger partial charge on any atom is -0.508 e. The molecule has 0 amide bonds. The van der Waals surface area contributed by atoms with Gasteiger partial charge in [0.05, 0.1) is 0 Å². The summed E-state index contributed by atoms with van der Waals surface area (Å²) >= 11 is 0. The molecule has 19 heavy (non-hydrogen) atoms. The standard InChI is InChI=1S/C15H23NO3/c1-11(10-15(2,16)14(18)19)4-3-5-12-6-8-13(17)9-7-12/h6-9,11,17H,3-5,10,16H2,1-2H3,(H,18,19). The van der Waals surface area contributed by atoms with Crippen molar-refractivity contribution < 1.29 is 15.0 Å². The molecule has 0 saturated carbocycles. The lowest BCUT2D eigenvalue weighted by atomic mass is 9.87. The molecule has 0 aliphatic heterocycles. The van der Waals surface area contributed by atoms with Crippen LogP contribution in [0, 0.1) is 5.92 Å². The summed E-state index contributed by atoms with van der Waals surface area (Å²) in [6.45, 7) is 3.59. The molecule has 4 heteroatoms. The number of carboxylic acid groups (broad SMARTS) is 1. The third kappa shape index (κ3) is 5.30. The lowest BCUT2D eigenvalue weighted by Crippen LogP contribution is -2.46. The van der Waals surface area contributed by atoms with Gasteiger partial charge in [-0.15, -0.1) is 0 Å². The first-order chi connectivity index (χ1) is 8.81. The van der Waals surface area contributed by atoms with Gasteiger partial charge < -0.3 is 15.9 Å². The highest BCUT2D eigenvalue weighted by molar-refractivity contribution is 5.77. The largest absolute Gasteiger partial charge is 0.508 e. The second-order valence-electron chi connectivity index (χ2n) is 5.59. The number of carboxylic acids is 1. The zero-order chi connectivity index (χ0) is 14.5. The number of benzene rings is 1. The molecule has 0 saturated heterocycles. The Morgan fingerprint density at radius 2 is 1.95 bits per heavy atom. The Kier molecular flexibility index (Phi) is 5.36. The minimum atomic E-state index is -1.14. The topological polar surface area (TPSA) is 83.5 Å². The predicted octanol–water partition coefficient (Wildman–Crippen LogP) is 2.54. The van der Waals surface area contributed by atoms with E-state index >= 15 is 0 Å². The fraction of sp³-hybridized carbons (Fsp3) is 0.533. The van der Waals surface area contributed by atoms with Gasteiger partial charge in [0.15, 0.2) is 0 Å². The van der Waals surface area contributed by atoms with E-state index in [1.807, 2.05) is 19.1 Å². The molecule has 0 aliphatic rings. The molecule has 2 atom stereocenters. The number of rotatable bonds is 7. The van der Waals surface area contributed by atoms with Gasteiger partial charge in [-0.2, -0.15) is 0 Å². The van der Waals surface area contributed by atoms with Crippen molar-refractivity contribution in [3.05, 3.63) is 29.8 Å². The number of phenolic OH excluding ortho intramolecular Hbond substituents is 1. The highest BCUT2D eigenvalue weighted by Crippen LogP contribution is 2.20. The average molecular weight is 265 g/mol. The van der Waals surface area contributed by atoms with E-state index in [-0.39, 0.29) is 11.7 Å². The minimum absolute atomic E-state index is 0.275. The fourth-order valence-corrected chi connectivity index (χ4v) is 2.23. The van der Waals surface area contributed by atoms with Crippen molar-refractivity contribution in [1.82, 2.24) is 0 Å². The van der Waals surface area contributed by atoms with Crippen molar-refractivity contribution in [2.45, 2.75) is 45.1 Å². The zero-order valence-corrected chi connectivity index (χ0v) is 11.6. The lowest BCUT2D eigenvalue weighted by molar-refractivity contribution is -0.143. The normalized spacial score (nSPS) is 15.7. The van der Waals surface area contributed by atoms with Crippen LogP contribution in [0.2, 0.25) is 0 Å². The van der Waals surface area contributed by atoms with Gasteiger partial charge >= 0.3 is 5.97 Å². The smallest absolute Gasteiger partial charge is 0.323 e. The molecule has 4 N–H and O–H groups in total. The van der Waals surface area contributed by atoms with Crippen molar-refractivity contribution in [2.24, 2.45) is 11.7 Å². The SMILES string of the molecule is CC(CCCc1ccc(O)cc1)CC(C)(N)C(=O)O. The first kappa shape index (κ1) is 15.5. The van der Waals surface area contributed by atoms with Crippen LogP contribution in [0.4, 0.5) is 0 Å².